The summed E-state index contributed by atoms with van der Waals surface area (Å²) in [5.74, 6) is -3.48. The van der Waals surface area contributed by atoms with Crippen LogP contribution in [-0.4, -0.2) is 55.6 Å². The molecule has 2 fully saturated rings. The molecule has 35 heavy (non-hydrogen) atoms. The van der Waals surface area contributed by atoms with Crippen molar-refractivity contribution in [3.8, 4) is 10.6 Å². The lowest BCUT2D eigenvalue weighted by atomic mass is 9.83. The van der Waals surface area contributed by atoms with Gasteiger partial charge < -0.3 is 15.7 Å². The molecule has 5 rings (SSSR count). The molecule has 1 saturated heterocycles. The Labute approximate surface area is 201 Å². The van der Waals surface area contributed by atoms with E-state index in [2.05, 4.69) is 36.8 Å². The fraction of sp³-hybridized carbons (Fsp3) is 0.381. The standard InChI is InChI=1S/C21H22F2N8O3S/c22-15-5-13(26-19(34)11-7-25-31(8-11)9-17(32)33)4-14(18(15)23)20-29-30-21(35-20)27-12-1-2-16-10(3-12)6-24-28-16/h4-5,7-8,10,12,16,24,28H,1-3,6,9H2,(H,26,34)(H,27,30)(H,32,33). The number of aliphatic carboxylic acids is 1. The van der Waals surface area contributed by atoms with Crippen LogP contribution in [0.1, 0.15) is 29.6 Å². The lowest BCUT2D eigenvalue weighted by molar-refractivity contribution is -0.137. The number of carboxylic acids is 1. The first-order valence-corrected chi connectivity index (χ1v) is 11.8. The molecule has 1 aliphatic heterocycles. The highest BCUT2D eigenvalue weighted by atomic mass is 32.1. The molecule has 3 atom stereocenters. The van der Waals surface area contributed by atoms with Crippen LogP contribution in [0.4, 0.5) is 19.6 Å². The molecule has 5 N–H and O–H groups in total. The first-order chi connectivity index (χ1) is 16.9. The zero-order chi connectivity index (χ0) is 24.5. The third-order valence-electron chi connectivity index (χ3n) is 6.10. The third-order valence-corrected chi connectivity index (χ3v) is 6.98. The number of carbonyl (C=O) groups is 2. The minimum absolute atomic E-state index is 0.0131. The second kappa shape index (κ2) is 9.64. The number of aromatic nitrogens is 4. The van der Waals surface area contributed by atoms with Gasteiger partial charge in [0, 0.05) is 36.6 Å². The second-order valence-corrected chi connectivity index (χ2v) is 9.53. The number of fused-ring (bicyclic) bond motifs is 1. The molecular formula is C21H22F2N8O3S. The summed E-state index contributed by atoms with van der Waals surface area (Å²) in [4.78, 5) is 23.3. The highest BCUT2D eigenvalue weighted by molar-refractivity contribution is 7.18. The first kappa shape index (κ1) is 23.3. The van der Waals surface area contributed by atoms with E-state index in [1.807, 2.05) is 0 Å². The Morgan fingerprint density at radius 2 is 2.11 bits per heavy atom. The van der Waals surface area contributed by atoms with Gasteiger partial charge in [0.1, 0.15) is 6.54 Å². The van der Waals surface area contributed by atoms with Crippen molar-refractivity contribution in [3.05, 3.63) is 41.7 Å². The van der Waals surface area contributed by atoms with E-state index in [-0.39, 0.29) is 27.9 Å². The Kier molecular flexibility index (Phi) is 6.40. The van der Waals surface area contributed by atoms with Crippen LogP contribution >= 0.6 is 11.3 Å². The van der Waals surface area contributed by atoms with E-state index in [4.69, 9.17) is 5.11 Å². The predicted molar refractivity (Wildman–Crippen MR) is 123 cm³/mol. The van der Waals surface area contributed by atoms with Crippen LogP contribution in [0.25, 0.3) is 10.6 Å². The van der Waals surface area contributed by atoms with Gasteiger partial charge in [-0.1, -0.05) is 11.3 Å². The first-order valence-electron chi connectivity index (χ1n) is 11.0. The van der Waals surface area contributed by atoms with Crippen LogP contribution < -0.4 is 21.5 Å². The topological polar surface area (TPSA) is 146 Å². The second-order valence-electron chi connectivity index (χ2n) is 8.55. The number of carbonyl (C=O) groups excluding carboxylic acids is 1. The minimum atomic E-state index is -1.15. The molecule has 3 aromatic rings. The van der Waals surface area contributed by atoms with Crippen molar-refractivity contribution in [2.24, 2.45) is 5.92 Å². The van der Waals surface area contributed by atoms with Crippen molar-refractivity contribution in [2.75, 3.05) is 17.2 Å². The van der Waals surface area contributed by atoms with Crippen molar-refractivity contribution in [3.63, 3.8) is 0 Å². The van der Waals surface area contributed by atoms with E-state index in [0.29, 0.717) is 17.1 Å². The number of nitrogens with zero attached hydrogens (tertiary/aromatic N) is 4. The van der Waals surface area contributed by atoms with Crippen LogP contribution in [0.5, 0.6) is 0 Å². The number of hydrogen-bond acceptors (Lipinski definition) is 9. The third kappa shape index (κ3) is 5.13. The van der Waals surface area contributed by atoms with E-state index in [1.165, 1.54) is 18.5 Å². The monoisotopic (exact) mass is 504 g/mol. The Morgan fingerprint density at radius 1 is 1.26 bits per heavy atom. The fourth-order valence-electron chi connectivity index (χ4n) is 4.42. The van der Waals surface area contributed by atoms with Crippen molar-refractivity contribution >= 4 is 34.0 Å². The molecule has 0 spiro atoms. The Morgan fingerprint density at radius 3 is 2.94 bits per heavy atom. The number of hydrazine groups is 1. The largest absolute Gasteiger partial charge is 0.480 e. The smallest absolute Gasteiger partial charge is 0.325 e. The van der Waals surface area contributed by atoms with Gasteiger partial charge in [-0.25, -0.2) is 8.78 Å². The van der Waals surface area contributed by atoms with Gasteiger partial charge in [-0.2, -0.15) is 5.10 Å². The molecule has 1 saturated carbocycles. The number of benzene rings is 1. The number of halogens is 2. The van der Waals surface area contributed by atoms with Crippen LogP contribution in [0.3, 0.4) is 0 Å². The number of carboxylic acid groups (broad SMARTS) is 1. The number of nitrogens with one attached hydrogen (secondary N) is 4. The van der Waals surface area contributed by atoms with E-state index >= 15 is 0 Å². The lowest BCUT2D eigenvalue weighted by Gasteiger charge is -2.30. The van der Waals surface area contributed by atoms with Gasteiger partial charge in [-0.15, -0.1) is 10.2 Å². The maximum Gasteiger partial charge on any atom is 0.325 e. The van der Waals surface area contributed by atoms with Gasteiger partial charge >= 0.3 is 5.97 Å². The van der Waals surface area contributed by atoms with Crippen LogP contribution in [0.2, 0.25) is 0 Å². The van der Waals surface area contributed by atoms with Gasteiger partial charge in [0.25, 0.3) is 5.91 Å². The maximum atomic E-state index is 14.6. The van der Waals surface area contributed by atoms with Crippen LogP contribution in [0, 0.1) is 17.6 Å². The number of rotatable bonds is 7. The van der Waals surface area contributed by atoms with Gasteiger partial charge in [0.05, 0.1) is 17.3 Å². The molecule has 3 heterocycles. The molecule has 2 aliphatic rings. The Hall–Kier alpha value is -3.49. The summed E-state index contributed by atoms with van der Waals surface area (Å²) >= 11 is 1.11. The van der Waals surface area contributed by atoms with Crippen molar-refractivity contribution in [1.82, 2.24) is 30.8 Å². The Bertz CT molecular complexity index is 1270. The zero-order valence-corrected chi connectivity index (χ0v) is 19.1. The summed E-state index contributed by atoms with van der Waals surface area (Å²) in [6, 6.07) is 2.83. The van der Waals surface area contributed by atoms with Gasteiger partial charge in [0.15, 0.2) is 16.6 Å². The van der Waals surface area contributed by atoms with Gasteiger partial charge in [0.2, 0.25) is 5.13 Å². The van der Waals surface area contributed by atoms with Crippen molar-refractivity contribution in [2.45, 2.75) is 37.9 Å². The lowest BCUT2D eigenvalue weighted by Crippen LogP contribution is -2.39. The zero-order valence-electron chi connectivity index (χ0n) is 18.3. The minimum Gasteiger partial charge on any atom is -0.480 e. The summed E-state index contributed by atoms with van der Waals surface area (Å²) in [5.41, 5.74) is 6.42. The summed E-state index contributed by atoms with van der Waals surface area (Å²) in [5, 5.41) is 27.3. The fourth-order valence-corrected chi connectivity index (χ4v) is 5.25. The average molecular weight is 505 g/mol. The van der Waals surface area contributed by atoms with Crippen molar-refractivity contribution < 1.29 is 23.5 Å². The molecule has 1 amide bonds. The summed E-state index contributed by atoms with van der Waals surface area (Å²) in [6.07, 6.45) is 5.38. The molecule has 3 unspecified atom stereocenters. The molecule has 1 aliphatic carbocycles. The van der Waals surface area contributed by atoms with E-state index in [1.54, 1.807) is 0 Å². The SMILES string of the molecule is O=C(O)Cn1cc(C(=O)Nc2cc(F)c(F)c(-c3nnc(NC4CCC5NNCC5C4)s3)c2)cn1. The maximum absolute atomic E-state index is 14.6. The Balaban J connectivity index is 1.29. The van der Waals surface area contributed by atoms with E-state index in [9.17, 15) is 18.4 Å². The average Bonchev–Trinajstić information content (AvgIpc) is 3.56. The highest BCUT2D eigenvalue weighted by Gasteiger charge is 2.34. The quantitative estimate of drug-likeness (QED) is 0.326. The number of amides is 1. The molecule has 2 aromatic heterocycles. The number of hydrogen-bond donors (Lipinski definition) is 5. The van der Waals surface area contributed by atoms with E-state index in [0.717, 1.165) is 47.9 Å². The van der Waals surface area contributed by atoms with Crippen LogP contribution in [0.15, 0.2) is 24.5 Å². The van der Waals surface area contributed by atoms with Gasteiger partial charge in [-0.05, 0) is 31.2 Å². The summed E-state index contributed by atoms with van der Waals surface area (Å²) in [7, 11) is 0. The van der Waals surface area contributed by atoms with Gasteiger partial charge in [-0.3, -0.25) is 25.1 Å². The predicted octanol–water partition coefficient (Wildman–Crippen LogP) is 2.07. The summed E-state index contributed by atoms with van der Waals surface area (Å²) in [6.45, 7) is 0.499. The van der Waals surface area contributed by atoms with E-state index < -0.39 is 30.1 Å². The molecule has 1 aromatic carbocycles. The van der Waals surface area contributed by atoms with Crippen LogP contribution in [-0.2, 0) is 11.3 Å². The molecular weight excluding hydrogens is 482 g/mol. The molecule has 184 valence electrons. The molecule has 14 heteroatoms. The molecule has 0 bridgehead atoms. The highest BCUT2D eigenvalue weighted by Crippen LogP contribution is 2.34. The van der Waals surface area contributed by atoms with Crippen molar-refractivity contribution in [1.29, 1.82) is 0 Å². The molecule has 0 radical (unpaired) electrons. The normalized spacial score (nSPS) is 21.5. The summed E-state index contributed by atoms with van der Waals surface area (Å²) < 4.78 is 30.0. The molecule has 11 nitrogen and oxygen atoms in total. The number of anilines is 2.